The highest BCUT2D eigenvalue weighted by molar-refractivity contribution is 14.0. The van der Waals surface area contributed by atoms with Crippen LogP contribution in [0.15, 0.2) is 21.7 Å². The molecule has 1 aromatic rings. The fourth-order valence-corrected chi connectivity index (χ4v) is 4.37. The first-order valence-corrected chi connectivity index (χ1v) is 9.43. The van der Waals surface area contributed by atoms with E-state index in [2.05, 4.69) is 37.9 Å². The third-order valence-electron chi connectivity index (χ3n) is 5.48. The lowest BCUT2D eigenvalue weighted by Gasteiger charge is -2.18. The summed E-state index contributed by atoms with van der Waals surface area (Å²) in [6, 6.07) is 0. The number of hydrogen-bond donors (Lipinski definition) is 2. The molecular weight excluding hydrogens is 475 g/mol. The van der Waals surface area contributed by atoms with Gasteiger partial charge in [0.15, 0.2) is 11.8 Å². The molecule has 1 aliphatic heterocycles. The number of nitrogens with one attached hydrogen (secondary N) is 2. The van der Waals surface area contributed by atoms with Gasteiger partial charge in [-0.2, -0.15) is 4.98 Å². The zero-order valence-corrected chi connectivity index (χ0v) is 18.3. The van der Waals surface area contributed by atoms with Crippen molar-refractivity contribution in [1.29, 1.82) is 0 Å². The van der Waals surface area contributed by atoms with Gasteiger partial charge in [0, 0.05) is 26.6 Å². The monoisotopic (exact) mass is 500 g/mol. The molecule has 2 heterocycles. The van der Waals surface area contributed by atoms with Crippen molar-refractivity contribution >= 4 is 41.8 Å². The van der Waals surface area contributed by atoms with Gasteiger partial charge in [-0.15, -0.1) is 24.0 Å². The van der Waals surface area contributed by atoms with Crippen molar-refractivity contribution in [3.63, 3.8) is 0 Å². The van der Waals surface area contributed by atoms with Crippen molar-refractivity contribution in [2.45, 2.75) is 26.8 Å². The minimum Gasteiger partial charge on any atom is -0.357 e. The zero-order chi connectivity index (χ0) is 19.0. The van der Waals surface area contributed by atoms with Gasteiger partial charge in [0.1, 0.15) is 6.54 Å². The number of aliphatic imine (C=N–C) groups is 1. The number of nitrogens with zero attached hydrogens (tertiary/aromatic N) is 4. The van der Waals surface area contributed by atoms with Gasteiger partial charge in [-0.1, -0.05) is 17.3 Å². The maximum absolute atomic E-state index is 12.7. The Morgan fingerprint density at radius 2 is 1.93 bits per heavy atom. The van der Waals surface area contributed by atoms with E-state index in [4.69, 9.17) is 4.52 Å². The van der Waals surface area contributed by atoms with Crippen molar-refractivity contribution in [2.24, 2.45) is 28.7 Å². The summed E-state index contributed by atoms with van der Waals surface area (Å²) in [5, 5.41) is 10.1. The largest absolute Gasteiger partial charge is 0.357 e. The Kier molecular flexibility index (Phi) is 6.36. The summed E-state index contributed by atoms with van der Waals surface area (Å²) in [7, 11) is 0. The third-order valence-corrected chi connectivity index (χ3v) is 5.48. The lowest BCUT2D eigenvalue weighted by atomic mass is 9.85. The van der Waals surface area contributed by atoms with Gasteiger partial charge in [-0.25, -0.2) is 4.99 Å². The summed E-state index contributed by atoms with van der Waals surface area (Å²) in [5.74, 6) is 1.75. The van der Waals surface area contributed by atoms with Crippen LogP contribution in [-0.4, -0.2) is 52.4 Å². The topological polar surface area (TPSA) is 113 Å². The molecule has 1 saturated carbocycles. The standard InChI is InChI=1S/C18H24N6O3.HI/c1-3-19-18(21-9-13-22-10(2)27-23-13)20-6-7-24-16(25)14-11-4-5-12(8-11)15(14)17(24)26;/h4-5,11-12,14-15H,3,6-9H2,1-2H3,(H2,19,20,21);1H. The molecule has 9 nitrogen and oxygen atoms in total. The highest BCUT2D eigenvalue weighted by atomic mass is 127. The second-order valence-corrected chi connectivity index (χ2v) is 7.18. The lowest BCUT2D eigenvalue weighted by molar-refractivity contribution is -0.140. The second-order valence-electron chi connectivity index (χ2n) is 7.18. The van der Waals surface area contributed by atoms with Crippen LogP contribution >= 0.6 is 24.0 Å². The molecule has 2 fully saturated rings. The van der Waals surface area contributed by atoms with Crippen LogP contribution in [0.25, 0.3) is 0 Å². The molecule has 0 aromatic carbocycles. The van der Waals surface area contributed by atoms with Crippen molar-refractivity contribution in [3.8, 4) is 0 Å². The Hall–Kier alpha value is -1.98. The fraction of sp³-hybridized carbons (Fsp3) is 0.611. The summed E-state index contributed by atoms with van der Waals surface area (Å²) in [6.45, 7) is 5.45. The van der Waals surface area contributed by atoms with Crippen LogP contribution < -0.4 is 10.6 Å². The van der Waals surface area contributed by atoms with Crippen LogP contribution in [0.5, 0.6) is 0 Å². The first-order chi connectivity index (χ1) is 13.1. The highest BCUT2D eigenvalue weighted by Crippen LogP contribution is 2.52. The molecule has 2 aliphatic carbocycles. The van der Waals surface area contributed by atoms with E-state index in [0.717, 1.165) is 6.42 Å². The first kappa shape index (κ1) is 20.7. The van der Waals surface area contributed by atoms with Gasteiger partial charge in [0.2, 0.25) is 17.7 Å². The Bertz CT molecular complexity index is 777. The van der Waals surface area contributed by atoms with E-state index in [0.29, 0.717) is 37.3 Å². The number of allylic oxidation sites excluding steroid dienone is 2. The quantitative estimate of drug-likeness (QED) is 0.196. The molecule has 0 spiro atoms. The van der Waals surface area contributed by atoms with E-state index in [1.165, 1.54) is 4.90 Å². The van der Waals surface area contributed by atoms with Gasteiger partial charge in [-0.05, 0) is 25.2 Å². The van der Waals surface area contributed by atoms with Crippen molar-refractivity contribution in [2.75, 3.05) is 19.6 Å². The molecule has 2 N–H and O–H groups in total. The number of halogens is 1. The number of likely N-dealkylation sites (tertiary alicyclic amines) is 1. The summed E-state index contributed by atoms with van der Waals surface area (Å²) in [6.07, 6.45) is 5.16. The maximum atomic E-state index is 12.7. The van der Waals surface area contributed by atoms with E-state index in [1.807, 2.05) is 6.92 Å². The molecule has 28 heavy (non-hydrogen) atoms. The van der Waals surface area contributed by atoms with Crippen LogP contribution in [0, 0.1) is 30.6 Å². The molecule has 0 radical (unpaired) electrons. The average molecular weight is 500 g/mol. The highest BCUT2D eigenvalue weighted by Gasteiger charge is 2.58. The van der Waals surface area contributed by atoms with Crippen LogP contribution in [0.4, 0.5) is 0 Å². The molecular formula is C18H25IN6O3. The minimum absolute atomic E-state index is 0. The van der Waals surface area contributed by atoms with Gasteiger partial charge >= 0.3 is 0 Å². The SMILES string of the molecule is CCNC(=NCc1noc(C)n1)NCCN1C(=O)C2C3C=CC(C3)C2C1=O.I. The van der Waals surface area contributed by atoms with Crippen LogP contribution in [-0.2, 0) is 16.1 Å². The van der Waals surface area contributed by atoms with Gasteiger partial charge in [0.05, 0.1) is 11.8 Å². The van der Waals surface area contributed by atoms with E-state index in [-0.39, 0.29) is 66.0 Å². The van der Waals surface area contributed by atoms with E-state index in [1.54, 1.807) is 6.92 Å². The van der Waals surface area contributed by atoms with Gasteiger partial charge in [-0.3, -0.25) is 14.5 Å². The number of hydrogen-bond acceptors (Lipinski definition) is 6. The Labute approximate surface area is 180 Å². The number of carbonyl (C=O) groups is 2. The number of guanidine groups is 1. The van der Waals surface area contributed by atoms with Crippen LogP contribution in [0.3, 0.4) is 0 Å². The molecule has 1 saturated heterocycles. The molecule has 3 aliphatic rings. The normalized spacial score (nSPS) is 27.9. The van der Waals surface area contributed by atoms with Crippen molar-refractivity contribution < 1.29 is 14.1 Å². The predicted octanol–water partition coefficient (Wildman–Crippen LogP) is 0.858. The van der Waals surface area contributed by atoms with E-state index in [9.17, 15) is 9.59 Å². The van der Waals surface area contributed by atoms with Gasteiger partial charge < -0.3 is 15.2 Å². The molecule has 10 heteroatoms. The number of rotatable bonds is 6. The number of amides is 2. The molecule has 2 amide bonds. The third kappa shape index (κ3) is 3.78. The summed E-state index contributed by atoms with van der Waals surface area (Å²) >= 11 is 0. The van der Waals surface area contributed by atoms with Crippen molar-refractivity contribution in [1.82, 2.24) is 25.7 Å². The number of aromatic nitrogens is 2. The van der Waals surface area contributed by atoms with Gasteiger partial charge in [0.25, 0.3) is 0 Å². The average Bonchev–Trinajstić information content (AvgIpc) is 3.40. The zero-order valence-electron chi connectivity index (χ0n) is 15.9. The molecule has 4 atom stereocenters. The Morgan fingerprint density at radius 1 is 1.25 bits per heavy atom. The lowest BCUT2D eigenvalue weighted by Crippen LogP contribution is -2.43. The predicted molar refractivity (Wildman–Crippen MR) is 112 cm³/mol. The van der Waals surface area contributed by atoms with E-state index >= 15 is 0 Å². The number of fused-ring (bicyclic) bond motifs is 5. The van der Waals surface area contributed by atoms with E-state index < -0.39 is 0 Å². The number of aryl methyl sites for hydroxylation is 1. The molecule has 152 valence electrons. The minimum atomic E-state index is -0.143. The molecule has 1 aromatic heterocycles. The first-order valence-electron chi connectivity index (χ1n) is 9.43. The maximum Gasteiger partial charge on any atom is 0.233 e. The number of carbonyl (C=O) groups excluding carboxylic acids is 2. The van der Waals surface area contributed by atoms with Crippen molar-refractivity contribution in [3.05, 3.63) is 23.9 Å². The van der Waals surface area contributed by atoms with Crippen LogP contribution in [0.1, 0.15) is 25.1 Å². The summed E-state index contributed by atoms with van der Waals surface area (Å²) < 4.78 is 4.93. The molecule has 4 rings (SSSR count). The summed E-state index contributed by atoms with van der Waals surface area (Å²) in [4.78, 5) is 35.3. The smallest absolute Gasteiger partial charge is 0.233 e. The number of imide groups is 1. The fourth-order valence-electron chi connectivity index (χ4n) is 4.37. The molecule has 4 unspecified atom stereocenters. The Morgan fingerprint density at radius 3 is 2.50 bits per heavy atom. The second kappa shape index (κ2) is 8.58. The summed E-state index contributed by atoms with van der Waals surface area (Å²) in [5.41, 5.74) is 0. The molecule has 2 bridgehead atoms. The Balaban J connectivity index is 0.00000225. The van der Waals surface area contributed by atoms with Crippen LogP contribution in [0.2, 0.25) is 0 Å².